The van der Waals surface area contributed by atoms with Crippen molar-refractivity contribution in [3.8, 4) is 5.75 Å². The van der Waals surface area contributed by atoms with Gasteiger partial charge in [0.25, 0.3) is 5.91 Å². The summed E-state index contributed by atoms with van der Waals surface area (Å²) in [7, 11) is 0. The molecule has 22 heavy (non-hydrogen) atoms. The number of amides is 1. The number of nitrogens with zero attached hydrogens (tertiary/aromatic N) is 1. The van der Waals surface area contributed by atoms with E-state index in [0.717, 1.165) is 17.7 Å². The topological polar surface area (TPSA) is 67.8 Å². The smallest absolute Gasteiger partial charge is 0.277 e. The number of carbonyl (C=O) groups is 2. The van der Waals surface area contributed by atoms with Crippen molar-refractivity contribution in [3.05, 3.63) is 29.8 Å². The maximum absolute atomic E-state index is 11.7. The van der Waals surface area contributed by atoms with Gasteiger partial charge in [-0.05, 0) is 30.9 Å². The predicted octanol–water partition coefficient (Wildman–Crippen LogP) is 2.63. The third-order valence-electron chi connectivity index (χ3n) is 3.49. The molecule has 1 aliphatic rings. The molecule has 1 aromatic carbocycles. The number of hydrogen-bond acceptors (Lipinski definition) is 4. The number of nitrogens with one attached hydrogen (secondary N) is 1. The molecule has 0 atom stereocenters. The van der Waals surface area contributed by atoms with Crippen molar-refractivity contribution < 1.29 is 14.3 Å². The highest BCUT2D eigenvalue weighted by Gasteiger charge is 2.30. The predicted molar refractivity (Wildman–Crippen MR) is 84.9 cm³/mol. The first kappa shape index (κ1) is 16.2. The van der Waals surface area contributed by atoms with Crippen LogP contribution in [0, 0.1) is 12.3 Å². The Morgan fingerprint density at radius 3 is 2.59 bits per heavy atom. The lowest BCUT2D eigenvalue weighted by Gasteiger charge is -2.28. The fourth-order valence-corrected chi connectivity index (χ4v) is 2.54. The zero-order valence-corrected chi connectivity index (χ0v) is 13.3. The first-order valence-electron chi connectivity index (χ1n) is 7.39. The number of hydrazone groups is 1. The molecular weight excluding hydrogens is 280 g/mol. The van der Waals surface area contributed by atoms with Crippen LogP contribution in [0.2, 0.25) is 0 Å². The van der Waals surface area contributed by atoms with Crippen LogP contribution in [0.3, 0.4) is 0 Å². The summed E-state index contributed by atoms with van der Waals surface area (Å²) < 4.78 is 5.38. The van der Waals surface area contributed by atoms with E-state index in [0.29, 0.717) is 18.6 Å². The largest absolute Gasteiger partial charge is 0.484 e. The Morgan fingerprint density at radius 2 is 1.95 bits per heavy atom. The molecule has 1 amide bonds. The Hall–Kier alpha value is -2.17. The zero-order chi connectivity index (χ0) is 16.2. The van der Waals surface area contributed by atoms with E-state index in [2.05, 4.69) is 10.5 Å². The van der Waals surface area contributed by atoms with Crippen molar-refractivity contribution in [2.75, 3.05) is 6.61 Å². The second-order valence-corrected chi connectivity index (χ2v) is 6.55. The molecule has 1 aromatic rings. The van der Waals surface area contributed by atoms with Crippen molar-refractivity contribution in [2.45, 2.75) is 40.0 Å². The summed E-state index contributed by atoms with van der Waals surface area (Å²) in [6.07, 6.45) is 1.61. The Bertz CT molecular complexity index is 588. The molecule has 0 spiro atoms. The Labute approximate surface area is 130 Å². The molecule has 0 bridgehead atoms. The van der Waals surface area contributed by atoms with E-state index in [-0.39, 0.29) is 23.7 Å². The van der Waals surface area contributed by atoms with Gasteiger partial charge in [0.2, 0.25) is 0 Å². The van der Waals surface area contributed by atoms with Crippen LogP contribution in [0.4, 0.5) is 0 Å². The zero-order valence-electron chi connectivity index (χ0n) is 13.3. The molecule has 1 aliphatic carbocycles. The minimum Gasteiger partial charge on any atom is -0.484 e. The lowest BCUT2D eigenvalue weighted by Crippen LogP contribution is -2.32. The number of Topliss-reactive ketones (excluding diaryl/α,β-unsaturated/α-hetero) is 1. The molecule has 5 nitrogen and oxygen atoms in total. The number of ether oxygens (including phenoxy) is 1. The number of ketones is 1. The first-order valence-corrected chi connectivity index (χ1v) is 7.39. The van der Waals surface area contributed by atoms with Crippen LogP contribution >= 0.6 is 0 Å². The summed E-state index contributed by atoms with van der Waals surface area (Å²) in [6, 6.07) is 7.47. The Kier molecular flexibility index (Phi) is 4.96. The van der Waals surface area contributed by atoms with Gasteiger partial charge in [-0.2, -0.15) is 5.10 Å². The van der Waals surface area contributed by atoms with Gasteiger partial charge in [0.15, 0.2) is 6.61 Å². The van der Waals surface area contributed by atoms with Crippen molar-refractivity contribution in [1.29, 1.82) is 0 Å². The number of rotatable bonds is 4. The average molecular weight is 302 g/mol. The van der Waals surface area contributed by atoms with Crippen molar-refractivity contribution >= 4 is 17.4 Å². The summed E-state index contributed by atoms with van der Waals surface area (Å²) >= 11 is 0. The third kappa shape index (κ3) is 4.98. The van der Waals surface area contributed by atoms with Crippen LogP contribution < -0.4 is 10.2 Å². The van der Waals surface area contributed by atoms with Gasteiger partial charge in [0.05, 0.1) is 0 Å². The maximum Gasteiger partial charge on any atom is 0.277 e. The molecule has 1 fully saturated rings. The van der Waals surface area contributed by atoms with E-state index in [9.17, 15) is 9.59 Å². The molecule has 1 saturated carbocycles. The van der Waals surface area contributed by atoms with Gasteiger partial charge < -0.3 is 4.74 Å². The highest BCUT2D eigenvalue weighted by atomic mass is 16.5. The van der Waals surface area contributed by atoms with Crippen LogP contribution in [0.25, 0.3) is 0 Å². The van der Waals surface area contributed by atoms with Crippen molar-refractivity contribution in [2.24, 2.45) is 10.5 Å². The van der Waals surface area contributed by atoms with E-state index in [4.69, 9.17) is 4.74 Å². The van der Waals surface area contributed by atoms with E-state index in [1.165, 1.54) is 0 Å². The monoisotopic (exact) mass is 302 g/mol. The lowest BCUT2D eigenvalue weighted by molar-refractivity contribution is -0.123. The minimum absolute atomic E-state index is 0.0860. The standard InChI is InChI=1S/C17H22N2O3/c1-12-4-6-15(7-5-12)22-11-16(21)19-18-13-8-14(20)10-17(2,3)9-13/h4-7H,8-11H2,1-3H3,(H,19,21)/b18-13+. The van der Waals surface area contributed by atoms with Gasteiger partial charge in [-0.15, -0.1) is 0 Å². The average Bonchev–Trinajstić information content (AvgIpc) is 2.42. The van der Waals surface area contributed by atoms with Gasteiger partial charge in [0.1, 0.15) is 11.5 Å². The van der Waals surface area contributed by atoms with Gasteiger partial charge in [0, 0.05) is 18.6 Å². The Balaban J connectivity index is 1.83. The van der Waals surface area contributed by atoms with Crippen LogP contribution in [0.5, 0.6) is 5.75 Å². The van der Waals surface area contributed by atoms with E-state index >= 15 is 0 Å². The summed E-state index contributed by atoms with van der Waals surface area (Å²) in [6.45, 7) is 5.94. The normalized spacial score (nSPS) is 19.0. The molecule has 0 unspecified atom stereocenters. The number of benzene rings is 1. The van der Waals surface area contributed by atoms with E-state index in [1.807, 2.05) is 45.0 Å². The van der Waals surface area contributed by atoms with Crippen molar-refractivity contribution in [1.82, 2.24) is 5.43 Å². The molecule has 5 heteroatoms. The quantitative estimate of drug-likeness (QED) is 0.869. The molecule has 0 radical (unpaired) electrons. The fourth-order valence-electron chi connectivity index (χ4n) is 2.54. The molecule has 1 N–H and O–H groups in total. The van der Waals surface area contributed by atoms with Crippen molar-refractivity contribution in [3.63, 3.8) is 0 Å². The number of carbonyl (C=O) groups excluding carboxylic acids is 2. The Morgan fingerprint density at radius 1 is 1.27 bits per heavy atom. The molecule has 0 aliphatic heterocycles. The number of hydrogen-bond donors (Lipinski definition) is 1. The van der Waals surface area contributed by atoms with Crippen LogP contribution in [0.1, 0.15) is 38.7 Å². The highest BCUT2D eigenvalue weighted by Crippen LogP contribution is 2.31. The molecule has 0 saturated heterocycles. The number of aryl methyl sites for hydroxylation is 1. The maximum atomic E-state index is 11.7. The van der Waals surface area contributed by atoms with Crippen LogP contribution in [-0.4, -0.2) is 24.0 Å². The second-order valence-electron chi connectivity index (χ2n) is 6.55. The van der Waals surface area contributed by atoms with Crippen LogP contribution in [0.15, 0.2) is 29.4 Å². The summed E-state index contributed by atoms with van der Waals surface area (Å²) in [5, 5.41) is 4.07. The first-order chi connectivity index (χ1) is 10.3. The van der Waals surface area contributed by atoms with Gasteiger partial charge in [-0.25, -0.2) is 5.43 Å². The summed E-state index contributed by atoms with van der Waals surface area (Å²) in [4.78, 5) is 23.4. The van der Waals surface area contributed by atoms with Gasteiger partial charge >= 0.3 is 0 Å². The second kappa shape index (κ2) is 6.73. The summed E-state index contributed by atoms with van der Waals surface area (Å²) in [5.74, 6) is 0.478. The summed E-state index contributed by atoms with van der Waals surface area (Å²) in [5.41, 5.74) is 4.24. The molecular formula is C17H22N2O3. The van der Waals surface area contributed by atoms with Gasteiger partial charge in [-0.3, -0.25) is 9.59 Å². The molecule has 118 valence electrons. The van der Waals surface area contributed by atoms with Gasteiger partial charge in [-0.1, -0.05) is 31.5 Å². The minimum atomic E-state index is -0.330. The van der Waals surface area contributed by atoms with Crippen LogP contribution in [-0.2, 0) is 9.59 Å². The van der Waals surface area contributed by atoms with E-state index < -0.39 is 0 Å². The molecule has 0 heterocycles. The lowest BCUT2D eigenvalue weighted by atomic mass is 9.76. The fraction of sp³-hybridized carbons (Fsp3) is 0.471. The third-order valence-corrected chi connectivity index (χ3v) is 3.49. The molecule has 0 aromatic heterocycles. The highest BCUT2D eigenvalue weighted by molar-refractivity contribution is 6.05. The van der Waals surface area contributed by atoms with E-state index in [1.54, 1.807) is 0 Å². The molecule has 2 rings (SSSR count). The SMILES string of the molecule is Cc1ccc(OCC(=O)N/N=C2\CC(=O)CC(C)(C)C2)cc1.